The number of benzene rings is 1. The Morgan fingerprint density at radius 2 is 1.91 bits per heavy atom. The third kappa shape index (κ3) is 1.74. The molecule has 0 saturated carbocycles. The Balaban J connectivity index is 3.24. The molecule has 60 valence electrons. The van der Waals surface area contributed by atoms with Gasteiger partial charge in [-0.2, -0.15) is 0 Å². The van der Waals surface area contributed by atoms with Crippen molar-refractivity contribution >= 4 is 11.8 Å². The van der Waals surface area contributed by atoms with Gasteiger partial charge in [-0.3, -0.25) is 0 Å². The zero-order valence-corrected chi connectivity index (χ0v) is 7.76. The van der Waals surface area contributed by atoms with Gasteiger partial charge in [0.2, 0.25) is 0 Å². The van der Waals surface area contributed by atoms with Crippen LogP contribution < -0.4 is 0 Å². The van der Waals surface area contributed by atoms with E-state index in [-0.39, 0.29) is 5.82 Å². The molecule has 0 saturated heterocycles. The van der Waals surface area contributed by atoms with Crippen LogP contribution >= 0.6 is 11.8 Å². The molecule has 0 aliphatic heterocycles. The molecule has 0 nitrogen and oxygen atoms in total. The average Bonchev–Trinajstić information content (AvgIpc) is 1.96. The zero-order chi connectivity index (χ0) is 8.43. The fourth-order valence-electron chi connectivity index (χ4n) is 0.995. The third-order valence-electron chi connectivity index (χ3n) is 1.66. The van der Waals surface area contributed by atoms with Gasteiger partial charge in [-0.1, -0.05) is 0 Å². The molecule has 0 amide bonds. The molecule has 0 N–H and O–H groups in total. The van der Waals surface area contributed by atoms with E-state index in [0.717, 1.165) is 16.0 Å². The summed E-state index contributed by atoms with van der Waals surface area (Å²) in [5.74, 6) is -0.102. The molecule has 0 fully saturated rings. The molecular formula is C9H11FS. The van der Waals surface area contributed by atoms with Crippen molar-refractivity contribution in [2.24, 2.45) is 0 Å². The minimum Gasteiger partial charge on any atom is -0.207 e. The van der Waals surface area contributed by atoms with Gasteiger partial charge in [0.25, 0.3) is 0 Å². The van der Waals surface area contributed by atoms with Crippen molar-refractivity contribution in [2.75, 3.05) is 6.26 Å². The number of hydrogen-bond acceptors (Lipinski definition) is 1. The van der Waals surface area contributed by atoms with Gasteiger partial charge in [0, 0.05) is 4.90 Å². The van der Waals surface area contributed by atoms with Gasteiger partial charge in [-0.25, -0.2) is 4.39 Å². The summed E-state index contributed by atoms with van der Waals surface area (Å²) in [6, 6.07) is 3.57. The van der Waals surface area contributed by atoms with E-state index in [1.807, 2.05) is 19.2 Å². The van der Waals surface area contributed by atoms with Crippen molar-refractivity contribution in [1.82, 2.24) is 0 Å². The van der Waals surface area contributed by atoms with Crippen molar-refractivity contribution in [3.8, 4) is 0 Å². The number of hydrogen-bond donors (Lipinski definition) is 0. The van der Waals surface area contributed by atoms with Gasteiger partial charge in [0.05, 0.1) is 0 Å². The summed E-state index contributed by atoms with van der Waals surface area (Å²) in [5, 5.41) is 0. The molecule has 1 rings (SSSR count). The van der Waals surface area contributed by atoms with Crippen LogP contribution in [0.15, 0.2) is 17.0 Å². The van der Waals surface area contributed by atoms with Crippen molar-refractivity contribution in [1.29, 1.82) is 0 Å². The molecule has 1 aromatic rings. The lowest BCUT2D eigenvalue weighted by molar-refractivity contribution is 0.612. The number of thioether (sulfide) groups is 1. The summed E-state index contributed by atoms with van der Waals surface area (Å²) in [6.45, 7) is 3.71. The predicted molar refractivity (Wildman–Crippen MR) is 47.7 cm³/mol. The second-order valence-corrected chi connectivity index (χ2v) is 3.42. The molecule has 0 spiro atoms. The molecule has 0 aromatic heterocycles. The fraction of sp³-hybridized carbons (Fsp3) is 0.333. The van der Waals surface area contributed by atoms with Crippen molar-refractivity contribution in [3.05, 3.63) is 29.1 Å². The highest BCUT2D eigenvalue weighted by Crippen LogP contribution is 2.23. The van der Waals surface area contributed by atoms with E-state index in [1.54, 1.807) is 24.8 Å². The van der Waals surface area contributed by atoms with Crippen LogP contribution in [-0.4, -0.2) is 6.26 Å². The predicted octanol–water partition coefficient (Wildman–Crippen LogP) is 3.16. The van der Waals surface area contributed by atoms with Crippen molar-refractivity contribution < 1.29 is 4.39 Å². The standard InChI is InChI=1S/C9H11FS/c1-6-4-8(10)7(2)9(5-6)11-3/h4-5H,1-3H3. The van der Waals surface area contributed by atoms with Crippen LogP contribution in [0.5, 0.6) is 0 Å². The van der Waals surface area contributed by atoms with E-state index in [0.29, 0.717) is 0 Å². The number of halogens is 1. The topological polar surface area (TPSA) is 0 Å². The van der Waals surface area contributed by atoms with Crippen LogP contribution in [-0.2, 0) is 0 Å². The molecule has 0 bridgehead atoms. The zero-order valence-electron chi connectivity index (χ0n) is 6.94. The molecule has 11 heavy (non-hydrogen) atoms. The van der Waals surface area contributed by atoms with Gasteiger partial charge in [0.15, 0.2) is 0 Å². The first-order valence-electron chi connectivity index (χ1n) is 3.46. The smallest absolute Gasteiger partial charge is 0.127 e. The second-order valence-electron chi connectivity index (χ2n) is 2.57. The number of rotatable bonds is 1. The van der Waals surface area contributed by atoms with Gasteiger partial charge in [0.1, 0.15) is 5.82 Å². The SMILES string of the molecule is CSc1cc(C)cc(F)c1C. The highest BCUT2D eigenvalue weighted by Gasteiger charge is 2.02. The Hall–Kier alpha value is -0.500. The summed E-state index contributed by atoms with van der Waals surface area (Å²) in [4.78, 5) is 1.03. The van der Waals surface area contributed by atoms with Crippen LogP contribution in [0.1, 0.15) is 11.1 Å². The Bertz CT molecular complexity index is 269. The maximum atomic E-state index is 13.0. The van der Waals surface area contributed by atoms with E-state index >= 15 is 0 Å². The second kappa shape index (κ2) is 3.26. The lowest BCUT2D eigenvalue weighted by Crippen LogP contribution is -1.87. The van der Waals surface area contributed by atoms with Gasteiger partial charge >= 0.3 is 0 Å². The molecule has 2 heteroatoms. The fourth-order valence-corrected chi connectivity index (χ4v) is 1.70. The van der Waals surface area contributed by atoms with E-state index < -0.39 is 0 Å². The largest absolute Gasteiger partial charge is 0.207 e. The molecule has 0 unspecified atom stereocenters. The first kappa shape index (κ1) is 8.60. The van der Waals surface area contributed by atoms with Crippen LogP contribution in [0.4, 0.5) is 4.39 Å². The van der Waals surface area contributed by atoms with E-state index in [2.05, 4.69) is 0 Å². The van der Waals surface area contributed by atoms with E-state index in [9.17, 15) is 4.39 Å². The average molecular weight is 170 g/mol. The summed E-state index contributed by atoms with van der Waals surface area (Å²) in [5.41, 5.74) is 1.74. The molecular weight excluding hydrogens is 159 g/mol. The van der Waals surface area contributed by atoms with E-state index in [1.165, 1.54) is 0 Å². The molecule has 0 aliphatic rings. The van der Waals surface area contributed by atoms with E-state index in [4.69, 9.17) is 0 Å². The summed E-state index contributed by atoms with van der Waals surface area (Å²) < 4.78 is 13.0. The maximum Gasteiger partial charge on any atom is 0.127 e. The summed E-state index contributed by atoms with van der Waals surface area (Å²) >= 11 is 1.58. The monoisotopic (exact) mass is 170 g/mol. The highest BCUT2D eigenvalue weighted by atomic mass is 32.2. The van der Waals surface area contributed by atoms with Crippen LogP contribution in [0.25, 0.3) is 0 Å². The highest BCUT2D eigenvalue weighted by molar-refractivity contribution is 7.98. The molecule has 0 radical (unpaired) electrons. The maximum absolute atomic E-state index is 13.0. The van der Waals surface area contributed by atoms with Crippen molar-refractivity contribution in [2.45, 2.75) is 18.7 Å². The van der Waals surface area contributed by atoms with Crippen LogP contribution in [0, 0.1) is 19.7 Å². The number of aryl methyl sites for hydroxylation is 1. The molecule has 0 aliphatic carbocycles. The minimum absolute atomic E-state index is 0.102. The normalized spacial score (nSPS) is 10.2. The van der Waals surface area contributed by atoms with Crippen LogP contribution in [0.3, 0.4) is 0 Å². The van der Waals surface area contributed by atoms with Crippen LogP contribution in [0.2, 0.25) is 0 Å². The Morgan fingerprint density at radius 1 is 1.27 bits per heavy atom. The molecule has 1 aromatic carbocycles. The lowest BCUT2D eigenvalue weighted by Gasteiger charge is -2.04. The lowest BCUT2D eigenvalue weighted by atomic mass is 10.1. The first-order valence-corrected chi connectivity index (χ1v) is 4.68. The Labute approximate surface area is 70.8 Å². The van der Waals surface area contributed by atoms with Gasteiger partial charge in [-0.05, 0) is 43.4 Å². The molecule has 0 heterocycles. The quantitative estimate of drug-likeness (QED) is 0.583. The third-order valence-corrected chi connectivity index (χ3v) is 2.52. The van der Waals surface area contributed by atoms with Gasteiger partial charge < -0.3 is 0 Å². The van der Waals surface area contributed by atoms with Crippen molar-refractivity contribution in [3.63, 3.8) is 0 Å². The Morgan fingerprint density at radius 3 is 2.45 bits per heavy atom. The molecule has 0 atom stereocenters. The minimum atomic E-state index is -0.102. The Kier molecular flexibility index (Phi) is 2.55. The van der Waals surface area contributed by atoms with Gasteiger partial charge in [-0.15, -0.1) is 11.8 Å². The first-order chi connectivity index (χ1) is 5.15. The summed E-state index contributed by atoms with van der Waals surface area (Å²) in [7, 11) is 0. The summed E-state index contributed by atoms with van der Waals surface area (Å²) in [6.07, 6.45) is 1.96.